The molecule has 0 saturated heterocycles. The Morgan fingerprint density at radius 2 is 2.00 bits per heavy atom. The van der Waals surface area contributed by atoms with E-state index in [2.05, 4.69) is 31.4 Å². The van der Waals surface area contributed by atoms with Gasteiger partial charge in [-0.15, -0.1) is 10.2 Å². The Kier molecular flexibility index (Phi) is 6.66. The molecule has 0 aliphatic carbocycles. The molecule has 1 amide bonds. The maximum Gasteiger partial charge on any atom is 0.286 e. The smallest absolute Gasteiger partial charge is 0.286 e. The number of nitrogens with zero attached hydrogens (tertiary/aromatic N) is 2. The van der Waals surface area contributed by atoms with Gasteiger partial charge in [-0.1, -0.05) is 41.1 Å². The zero-order valence-corrected chi connectivity index (χ0v) is 17.8. The van der Waals surface area contributed by atoms with Crippen molar-refractivity contribution >= 4 is 61.6 Å². The van der Waals surface area contributed by atoms with E-state index in [0.29, 0.717) is 38.1 Å². The number of amides is 1. The molecule has 9 heteroatoms. The molecule has 3 aromatic rings. The summed E-state index contributed by atoms with van der Waals surface area (Å²) < 4.78 is 5.89. The zero-order valence-electron chi connectivity index (χ0n) is 14.6. The molecule has 0 spiro atoms. The van der Waals surface area contributed by atoms with Gasteiger partial charge in [0, 0.05) is 5.69 Å². The molecular formula is C19H15BrClN3O3S. The SMILES string of the molecule is CCOc1cc(/C=C(/Cl)c2nnc(C(=O)Nc3ccccc3)s2)cc(Br)c1O. The molecule has 0 atom stereocenters. The Bertz CT molecular complexity index is 1020. The lowest BCUT2D eigenvalue weighted by molar-refractivity contribution is 0.102. The van der Waals surface area contributed by atoms with E-state index < -0.39 is 0 Å². The molecule has 0 aliphatic heterocycles. The van der Waals surface area contributed by atoms with Crippen molar-refractivity contribution in [1.29, 1.82) is 0 Å². The Morgan fingerprint density at radius 1 is 1.29 bits per heavy atom. The average Bonchev–Trinajstić information content (AvgIpc) is 3.17. The summed E-state index contributed by atoms with van der Waals surface area (Å²) in [6.07, 6.45) is 1.66. The molecular weight excluding hydrogens is 466 g/mol. The van der Waals surface area contributed by atoms with Crippen molar-refractivity contribution in [3.8, 4) is 11.5 Å². The molecule has 28 heavy (non-hydrogen) atoms. The molecule has 1 aromatic heterocycles. The highest BCUT2D eigenvalue weighted by Crippen LogP contribution is 2.37. The van der Waals surface area contributed by atoms with E-state index in [0.717, 1.165) is 11.3 Å². The van der Waals surface area contributed by atoms with Crippen molar-refractivity contribution in [2.45, 2.75) is 6.92 Å². The molecule has 2 N–H and O–H groups in total. The van der Waals surface area contributed by atoms with Gasteiger partial charge in [-0.2, -0.15) is 0 Å². The first-order valence-corrected chi connectivity index (χ1v) is 10.2. The molecule has 3 rings (SSSR count). The van der Waals surface area contributed by atoms with Crippen LogP contribution in [-0.2, 0) is 0 Å². The second-order valence-corrected chi connectivity index (χ2v) is 7.75. The third kappa shape index (κ3) is 4.89. The Hall–Kier alpha value is -2.42. The number of rotatable bonds is 6. The van der Waals surface area contributed by atoms with Crippen LogP contribution in [0.1, 0.15) is 27.3 Å². The van der Waals surface area contributed by atoms with Crippen LogP contribution in [-0.4, -0.2) is 27.8 Å². The van der Waals surface area contributed by atoms with Crippen LogP contribution < -0.4 is 10.1 Å². The molecule has 1 heterocycles. The molecule has 0 unspecified atom stereocenters. The number of halogens is 2. The van der Waals surface area contributed by atoms with Gasteiger partial charge in [0.15, 0.2) is 16.5 Å². The number of phenolic OH excluding ortho intramolecular Hbond substituents is 1. The van der Waals surface area contributed by atoms with Gasteiger partial charge in [0.25, 0.3) is 5.91 Å². The van der Waals surface area contributed by atoms with Gasteiger partial charge in [-0.3, -0.25) is 4.79 Å². The first kappa shape index (κ1) is 20.3. The first-order valence-electron chi connectivity index (χ1n) is 8.20. The predicted octanol–water partition coefficient (Wildman–Crippen LogP) is 5.39. The summed E-state index contributed by atoms with van der Waals surface area (Å²) in [7, 11) is 0. The molecule has 0 saturated carbocycles. The van der Waals surface area contributed by atoms with Crippen molar-refractivity contribution < 1.29 is 14.6 Å². The normalized spacial score (nSPS) is 11.3. The van der Waals surface area contributed by atoms with Crippen LogP contribution >= 0.6 is 38.9 Å². The van der Waals surface area contributed by atoms with Crippen LogP contribution in [0.4, 0.5) is 5.69 Å². The third-order valence-corrected chi connectivity index (χ3v) is 5.46. The van der Waals surface area contributed by atoms with Gasteiger partial charge in [0.1, 0.15) is 0 Å². The van der Waals surface area contributed by atoms with Gasteiger partial charge in [-0.25, -0.2) is 0 Å². The second kappa shape index (κ2) is 9.18. The lowest BCUT2D eigenvalue weighted by Gasteiger charge is -2.08. The lowest BCUT2D eigenvalue weighted by Crippen LogP contribution is -2.11. The summed E-state index contributed by atoms with van der Waals surface area (Å²) >= 11 is 10.7. The van der Waals surface area contributed by atoms with Gasteiger partial charge in [0.2, 0.25) is 5.01 Å². The quantitative estimate of drug-likeness (QED) is 0.494. The van der Waals surface area contributed by atoms with Gasteiger partial charge in [0.05, 0.1) is 16.1 Å². The predicted molar refractivity (Wildman–Crippen MR) is 115 cm³/mol. The number of carbonyl (C=O) groups is 1. The number of benzene rings is 2. The van der Waals surface area contributed by atoms with E-state index in [1.807, 2.05) is 25.1 Å². The third-order valence-electron chi connectivity index (χ3n) is 3.50. The van der Waals surface area contributed by atoms with Gasteiger partial charge < -0.3 is 15.2 Å². The van der Waals surface area contributed by atoms with Crippen LogP contribution in [0.15, 0.2) is 46.9 Å². The summed E-state index contributed by atoms with van der Waals surface area (Å²) in [6.45, 7) is 2.24. The van der Waals surface area contributed by atoms with Crippen LogP contribution in [0.2, 0.25) is 0 Å². The Labute approximate surface area is 179 Å². The highest BCUT2D eigenvalue weighted by Gasteiger charge is 2.15. The monoisotopic (exact) mass is 479 g/mol. The van der Waals surface area contributed by atoms with E-state index in [1.165, 1.54) is 0 Å². The first-order chi connectivity index (χ1) is 13.5. The van der Waals surface area contributed by atoms with Gasteiger partial charge >= 0.3 is 0 Å². The van der Waals surface area contributed by atoms with E-state index in [-0.39, 0.29) is 16.7 Å². The molecule has 0 radical (unpaired) electrons. The maximum atomic E-state index is 12.3. The van der Waals surface area contributed by atoms with Gasteiger partial charge in [-0.05, 0) is 58.8 Å². The molecule has 0 bridgehead atoms. The number of aromatic hydroxyl groups is 1. The zero-order chi connectivity index (χ0) is 20.1. The summed E-state index contributed by atoms with van der Waals surface area (Å²) in [5, 5.41) is 21.6. The highest BCUT2D eigenvalue weighted by atomic mass is 79.9. The van der Waals surface area contributed by atoms with Crippen LogP contribution in [0, 0.1) is 0 Å². The summed E-state index contributed by atoms with van der Waals surface area (Å²) in [6, 6.07) is 12.4. The van der Waals surface area contributed by atoms with E-state index in [9.17, 15) is 9.90 Å². The molecule has 0 aliphatic rings. The van der Waals surface area contributed by atoms with Crippen molar-refractivity contribution in [2.24, 2.45) is 0 Å². The maximum absolute atomic E-state index is 12.3. The lowest BCUT2D eigenvalue weighted by atomic mass is 10.2. The fourth-order valence-corrected chi connectivity index (χ4v) is 3.65. The van der Waals surface area contributed by atoms with E-state index in [1.54, 1.807) is 30.3 Å². The number of hydrogen-bond acceptors (Lipinski definition) is 6. The van der Waals surface area contributed by atoms with Crippen molar-refractivity contribution in [3.05, 3.63) is 62.5 Å². The minimum Gasteiger partial charge on any atom is -0.503 e. The number of ether oxygens (including phenoxy) is 1. The van der Waals surface area contributed by atoms with Crippen LogP contribution in [0.5, 0.6) is 11.5 Å². The van der Waals surface area contributed by atoms with Crippen LogP contribution in [0.3, 0.4) is 0 Å². The van der Waals surface area contributed by atoms with Crippen molar-refractivity contribution in [3.63, 3.8) is 0 Å². The number of phenols is 1. The minimum atomic E-state index is -0.356. The number of hydrogen-bond donors (Lipinski definition) is 2. The second-order valence-electron chi connectivity index (χ2n) is 5.51. The molecule has 0 fully saturated rings. The van der Waals surface area contributed by atoms with E-state index >= 15 is 0 Å². The fraction of sp³-hybridized carbons (Fsp3) is 0.105. The summed E-state index contributed by atoms with van der Waals surface area (Å²) in [4.78, 5) is 12.3. The highest BCUT2D eigenvalue weighted by molar-refractivity contribution is 9.10. The number of para-hydroxylation sites is 1. The van der Waals surface area contributed by atoms with Crippen molar-refractivity contribution in [1.82, 2.24) is 10.2 Å². The number of anilines is 1. The van der Waals surface area contributed by atoms with E-state index in [4.69, 9.17) is 16.3 Å². The topological polar surface area (TPSA) is 84.3 Å². The number of carbonyl (C=O) groups excluding carboxylic acids is 1. The largest absolute Gasteiger partial charge is 0.503 e. The fourth-order valence-electron chi connectivity index (χ4n) is 2.27. The Morgan fingerprint density at radius 3 is 2.71 bits per heavy atom. The summed E-state index contributed by atoms with van der Waals surface area (Å²) in [5.41, 5.74) is 1.37. The standard InChI is InChI=1S/C19H15BrClN3O3S/c1-2-27-15-10-11(8-13(20)16(15)25)9-14(21)18-23-24-19(28-18)17(26)22-12-6-4-3-5-7-12/h3-10,25H,2H2,1H3,(H,22,26)/b14-9+. The molecule has 2 aromatic carbocycles. The summed E-state index contributed by atoms with van der Waals surface area (Å²) in [5.74, 6) is 0.00381. The molecule has 6 nitrogen and oxygen atoms in total. The minimum absolute atomic E-state index is 0.0194. The van der Waals surface area contributed by atoms with Crippen LogP contribution in [0.25, 0.3) is 11.1 Å². The average molecular weight is 481 g/mol. The van der Waals surface area contributed by atoms with Crippen molar-refractivity contribution in [2.75, 3.05) is 11.9 Å². The molecule has 144 valence electrons. The number of nitrogens with one attached hydrogen (secondary N) is 1. The Balaban J connectivity index is 1.80. The number of aromatic nitrogens is 2.